The molecule has 0 bridgehead atoms. The van der Waals surface area contributed by atoms with Gasteiger partial charge in [-0.3, -0.25) is 14.4 Å². The Morgan fingerprint density at radius 1 is 1.20 bits per heavy atom. The number of nitrogens with two attached hydrogens (primary N) is 1. The number of rotatable bonds is 4. The van der Waals surface area contributed by atoms with E-state index in [1.807, 2.05) is 0 Å². The van der Waals surface area contributed by atoms with E-state index in [1.165, 1.54) is 10.6 Å². The van der Waals surface area contributed by atoms with Crippen LogP contribution in [0.15, 0.2) is 18.2 Å². The molecule has 3 rings (SSSR count). The van der Waals surface area contributed by atoms with Crippen LogP contribution in [0.3, 0.4) is 0 Å². The Bertz CT molecular complexity index is 924. The van der Waals surface area contributed by atoms with Crippen molar-refractivity contribution in [2.75, 3.05) is 5.32 Å². The molecular weight excluding hydrogens is 356 g/mol. The molecule has 3 N–H and O–H groups in total. The highest BCUT2D eigenvalue weighted by atomic mass is 35.5. The lowest BCUT2D eigenvalue weighted by atomic mass is 10.1. The van der Waals surface area contributed by atoms with Crippen molar-refractivity contribution in [2.45, 2.75) is 19.4 Å². The number of anilines is 1. The quantitative estimate of drug-likeness (QED) is 0.641. The minimum Gasteiger partial charge on any atom is -0.363 e. The first kappa shape index (κ1) is 17.1. The lowest BCUT2D eigenvalue weighted by Gasteiger charge is -2.06. The van der Waals surface area contributed by atoms with Crippen LogP contribution in [0, 0.1) is 11.6 Å². The fourth-order valence-electron chi connectivity index (χ4n) is 2.88. The lowest BCUT2D eigenvalue weighted by molar-refractivity contribution is -0.114. The number of nitrogens with zero attached hydrogens (tertiary/aromatic N) is 1. The van der Waals surface area contributed by atoms with Gasteiger partial charge in [-0.25, -0.2) is 8.78 Å². The van der Waals surface area contributed by atoms with Crippen LogP contribution >= 0.6 is 11.6 Å². The highest BCUT2D eigenvalue weighted by molar-refractivity contribution is 6.47. The molecule has 1 aromatic carbocycles. The maximum atomic E-state index is 13.3. The molecular formula is C16H12ClF2N3O3. The van der Waals surface area contributed by atoms with E-state index in [0.29, 0.717) is 25.1 Å². The first-order chi connectivity index (χ1) is 11.8. The number of primary amides is 1. The third kappa shape index (κ3) is 2.89. The van der Waals surface area contributed by atoms with E-state index in [-0.39, 0.29) is 22.0 Å². The zero-order valence-electron chi connectivity index (χ0n) is 12.7. The number of carbonyl (C=O) groups is 3. The molecule has 0 fully saturated rings. The normalized spacial score (nSPS) is 12.8. The van der Waals surface area contributed by atoms with Crippen molar-refractivity contribution in [2.24, 2.45) is 5.73 Å². The molecule has 0 aliphatic carbocycles. The zero-order valence-corrected chi connectivity index (χ0v) is 13.5. The maximum Gasteiger partial charge on any atom is 0.291 e. The summed E-state index contributed by atoms with van der Waals surface area (Å²) in [4.78, 5) is 35.8. The van der Waals surface area contributed by atoms with Gasteiger partial charge >= 0.3 is 0 Å². The van der Waals surface area contributed by atoms with Crippen molar-refractivity contribution in [1.29, 1.82) is 0 Å². The third-order valence-electron chi connectivity index (χ3n) is 3.95. The number of halogens is 3. The molecule has 130 valence electrons. The molecule has 0 saturated heterocycles. The van der Waals surface area contributed by atoms with E-state index >= 15 is 0 Å². The van der Waals surface area contributed by atoms with Crippen molar-refractivity contribution in [3.63, 3.8) is 0 Å². The average Bonchev–Trinajstić information content (AvgIpc) is 3.09. The Balaban J connectivity index is 2.01. The van der Waals surface area contributed by atoms with Crippen molar-refractivity contribution < 1.29 is 23.2 Å². The number of aromatic nitrogens is 1. The second-order valence-electron chi connectivity index (χ2n) is 5.52. The van der Waals surface area contributed by atoms with Gasteiger partial charge in [0, 0.05) is 24.0 Å². The molecule has 1 aliphatic rings. The van der Waals surface area contributed by atoms with Gasteiger partial charge < -0.3 is 15.6 Å². The molecule has 2 heterocycles. The van der Waals surface area contributed by atoms with E-state index in [1.54, 1.807) is 0 Å². The summed E-state index contributed by atoms with van der Waals surface area (Å²) in [5, 5.41) is 2.23. The Morgan fingerprint density at radius 2 is 1.92 bits per heavy atom. The van der Waals surface area contributed by atoms with Gasteiger partial charge in [-0.05, 0) is 25.0 Å². The zero-order chi connectivity index (χ0) is 18.3. The summed E-state index contributed by atoms with van der Waals surface area (Å²) < 4.78 is 27.8. The van der Waals surface area contributed by atoms with E-state index in [9.17, 15) is 23.2 Å². The smallest absolute Gasteiger partial charge is 0.291 e. The molecule has 0 atom stereocenters. The molecule has 9 heteroatoms. The lowest BCUT2D eigenvalue weighted by Crippen LogP contribution is -2.25. The Kier molecular flexibility index (Phi) is 4.30. The predicted molar refractivity (Wildman–Crippen MR) is 85.6 cm³/mol. The monoisotopic (exact) mass is 367 g/mol. The minimum absolute atomic E-state index is 0.0218. The summed E-state index contributed by atoms with van der Waals surface area (Å²) in [6.07, 6.45) is 1.14. The van der Waals surface area contributed by atoms with E-state index in [4.69, 9.17) is 17.3 Å². The minimum atomic E-state index is -1.18. The largest absolute Gasteiger partial charge is 0.363 e. The van der Waals surface area contributed by atoms with Crippen LogP contribution in [-0.2, 0) is 17.8 Å². The second kappa shape index (κ2) is 6.29. The Hall–Kier alpha value is -2.74. The van der Waals surface area contributed by atoms with E-state index < -0.39 is 29.2 Å². The summed E-state index contributed by atoms with van der Waals surface area (Å²) in [5.41, 5.74) is 5.45. The van der Waals surface area contributed by atoms with Crippen LogP contribution in [-0.4, -0.2) is 22.2 Å². The number of hydrogen-bond donors (Lipinski definition) is 2. The fourth-order valence-corrected chi connectivity index (χ4v) is 3.26. The Morgan fingerprint density at radius 3 is 2.56 bits per heavy atom. The molecule has 1 aliphatic heterocycles. The van der Waals surface area contributed by atoms with Crippen LogP contribution in [0.5, 0.6) is 0 Å². The number of carbonyl (C=O) groups excluding carboxylic acids is 3. The highest BCUT2D eigenvalue weighted by Gasteiger charge is 2.33. The fraction of sp³-hybridized carbons (Fsp3) is 0.188. The van der Waals surface area contributed by atoms with Crippen LogP contribution < -0.4 is 11.1 Å². The summed E-state index contributed by atoms with van der Waals surface area (Å²) >= 11 is 6.16. The van der Waals surface area contributed by atoms with Crippen LogP contribution in [0.4, 0.5) is 14.5 Å². The third-order valence-corrected chi connectivity index (χ3v) is 4.32. The summed E-state index contributed by atoms with van der Waals surface area (Å²) in [5.74, 6) is -5.02. The molecule has 0 saturated carbocycles. The molecule has 2 amide bonds. The van der Waals surface area contributed by atoms with Gasteiger partial charge in [-0.15, -0.1) is 0 Å². The van der Waals surface area contributed by atoms with Gasteiger partial charge in [0.25, 0.3) is 17.6 Å². The highest BCUT2D eigenvalue weighted by Crippen LogP contribution is 2.34. The molecule has 0 spiro atoms. The number of amides is 2. The van der Waals surface area contributed by atoms with Gasteiger partial charge in [0.2, 0.25) is 0 Å². The second-order valence-corrected chi connectivity index (χ2v) is 5.89. The first-order valence-corrected chi connectivity index (χ1v) is 7.70. The molecule has 25 heavy (non-hydrogen) atoms. The summed E-state index contributed by atoms with van der Waals surface area (Å²) in [6.45, 7) is 0.419. The van der Waals surface area contributed by atoms with Gasteiger partial charge in [-0.2, -0.15) is 0 Å². The van der Waals surface area contributed by atoms with Gasteiger partial charge in [-0.1, -0.05) is 11.6 Å². The van der Waals surface area contributed by atoms with Crippen molar-refractivity contribution in [1.82, 2.24) is 4.57 Å². The number of Topliss-reactive ketones (excluding diaryl/α,β-unsaturated/α-hetero) is 1. The standard InChI is InChI=1S/C16H12ClF2N3O3/c17-12-11(16(25)21-7-3-4-8(18)9(19)6-7)10-2-1-5-22(10)13(12)14(23)15(20)24/h3-4,6H,1-2,5H2,(H2,20,24)(H,21,25). The van der Waals surface area contributed by atoms with Gasteiger partial charge in [0.15, 0.2) is 11.6 Å². The predicted octanol–water partition coefficient (Wildman–Crippen LogP) is 2.29. The molecule has 1 aromatic heterocycles. The number of nitrogens with one attached hydrogen (secondary N) is 1. The average molecular weight is 368 g/mol. The van der Waals surface area contributed by atoms with Crippen molar-refractivity contribution in [3.05, 3.63) is 51.8 Å². The topological polar surface area (TPSA) is 94.2 Å². The van der Waals surface area contributed by atoms with Crippen molar-refractivity contribution in [3.8, 4) is 0 Å². The number of benzene rings is 1. The van der Waals surface area contributed by atoms with Crippen molar-refractivity contribution >= 4 is 34.9 Å². The maximum absolute atomic E-state index is 13.3. The molecule has 6 nitrogen and oxygen atoms in total. The van der Waals surface area contributed by atoms with Crippen LogP contribution in [0.2, 0.25) is 5.02 Å². The first-order valence-electron chi connectivity index (χ1n) is 7.32. The van der Waals surface area contributed by atoms with Gasteiger partial charge in [0.05, 0.1) is 10.6 Å². The molecule has 2 aromatic rings. The SMILES string of the molecule is NC(=O)C(=O)c1c(Cl)c(C(=O)Nc2ccc(F)c(F)c2)c2n1CCC2. The summed E-state index contributed by atoms with van der Waals surface area (Å²) in [7, 11) is 0. The number of ketones is 1. The van der Waals surface area contributed by atoms with E-state index in [2.05, 4.69) is 5.32 Å². The number of hydrogen-bond acceptors (Lipinski definition) is 3. The summed E-state index contributed by atoms with van der Waals surface area (Å²) in [6, 6.07) is 2.89. The molecule has 0 radical (unpaired) electrons. The number of fused-ring (bicyclic) bond motifs is 1. The Labute approximate surface area is 145 Å². The van der Waals surface area contributed by atoms with Crippen LogP contribution in [0.1, 0.15) is 33.0 Å². The van der Waals surface area contributed by atoms with Crippen LogP contribution in [0.25, 0.3) is 0 Å². The van der Waals surface area contributed by atoms with E-state index in [0.717, 1.165) is 12.1 Å². The molecule has 0 unspecified atom stereocenters. The van der Waals surface area contributed by atoms with Gasteiger partial charge in [0.1, 0.15) is 5.69 Å².